The lowest BCUT2D eigenvalue weighted by Gasteiger charge is -2.18. The molecule has 0 saturated heterocycles. The van der Waals surface area contributed by atoms with E-state index in [-0.39, 0.29) is 6.10 Å². The van der Waals surface area contributed by atoms with Crippen molar-refractivity contribution in [3.8, 4) is 0 Å². The van der Waals surface area contributed by atoms with Gasteiger partial charge >= 0.3 is 0 Å². The van der Waals surface area contributed by atoms with Gasteiger partial charge in [0.15, 0.2) is 0 Å². The van der Waals surface area contributed by atoms with Crippen LogP contribution in [0.3, 0.4) is 0 Å². The molecule has 0 aliphatic heterocycles. The van der Waals surface area contributed by atoms with Crippen LogP contribution >= 0.6 is 0 Å². The molecule has 1 aromatic rings. The van der Waals surface area contributed by atoms with Crippen LogP contribution in [0.4, 0.5) is 0 Å². The van der Waals surface area contributed by atoms with Crippen LogP contribution in [0.2, 0.25) is 0 Å². The molecule has 0 fully saturated rings. The van der Waals surface area contributed by atoms with Crippen LogP contribution in [-0.4, -0.2) is 32.5 Å². The number of benzene rings is 1. The SMILES string of the molecule is CCCCCCCCCCCCCCCCOC[C@H](COCc1ccccc1)OCCCCCCCCCCCCCCCC. The fraction of sp³-hybridized carbons (Fsp3) is 0.857. The van der Waals surface area contributed by atoms with E-state index in [1.54, 1.807) is 0 Å². The van der Waals surface area contributed by atoms with E-state index >= 15 is 0 Å². The van der Waals surface area contributed by atoms with E-state index in [1.807, 2.05) is 0 Å². The van der Waals surface area contributed by atoms with Crippen LogP contribution in [0, 0.1) is 0 Å². The van der Waals surface area contributed by atoms with Gasteiger partial charge in [0, 0.05) is 13.2 Å². The average Bonchev–Trinajstić information content (AvgIpc) is 3.06. The first kappa shape index (κ1) is 42.1. The zero-order valence-corrected chi connectivity index (χ0v) is 30.5. The Bertz CT molecular complexity index is 663. The molecule has 0 heterocycles. The van der Waals surface area contributed by atoms with Crippen molar-refractivity contribution in [2.24, 2.45) is 0 Å². The highest BCUT2D eigenvalue weighted by Crippen LogP contribution is 2.15. The van der Waals surface area contributed by atoms with Crippen molar-refractivity contribution in [2.45, 2.75) is 206 Å². The van der Waals surface area contributed by atoms with Crippen molar-refractivity contribution < 1.29 is 14.2 Å². The van der Waals surface area contributed by atoms with E-state index in [0.29, 0.717) is 19.8 Å². The first-order valence-electron chi connectivity index (χ1n) is 20.2. The van der Waals surface area contributed by atoms with Crippen LogP contribution < -0.4 is 0 Å². The highest BCUT2D eigenvalue weighted by Gasteiger charge is 2.10. The predicted octanol–water partition coefficient (Wildman–Crippen LogP) is 13.6. The Morgan fingerprint density at radius 1 is 0.400 bits per heavy atom. The molecule has 0 aliphatic carbocycles. The normalized spacial score (nSPS) is 12.2. The second kappa shape index (κ2) is 35.9. The molecule has 0 radical (unpaired) electrons. The van der Waals surface area contributed by atoms with Crippen LogP contribution in [-0.2, 0) is 20.8 Å². The molecule has 1 atom stereocenters. The lowest BCUT2D eigenvalue weighted by atomic mass is 10.0. The molecule has 0 aromatic heterocycles. The monoisotopic (exact) mass is 631 g/mol. The minimum Gasteiger partial charge on any atom is -0.379 e. The van der Waals surface area contributed by atoms with Crippen LogP contribution in [0.5, 0.6) is 0 Å². The maximum Gasteiger partial charge on any atom is 0.104 e. The second-order valence-electron chi connectivity index (χ2n) is 13.8. The summed E-state index contributed by atoms with van der Waals surface area (Å²) in [4.78, 5) is 0. The van der Waals surface area contributed by atoms with Gasteiger partial charge in [0.25, 0.3) is 0 Å². The zero-order chi connectivity index (χ0) is 32.1. The maximum atomic E-state index is 6.26. The maximum absolute atomic E-state index is 6.26. The molecular weight excluding hydrogens is 552 g/mol. The zero-order valence-electron chi connectivity index (χ0n) is 30.5. The summed E-state index contributed by atoms with van der Waals surface area (Å²) >= 11 is 0. The Balaban J connectivity index is 2.03. The van der Waals surface area contributed by atoms with E-state index in [9.17, 15) is 0 Å². The van der Waals surface area contributed by atoms with Crippen molar-refractivity contribution in [3.63, 3.8) is 0 Å². The average molecular weight is 631 g/mol. The fourth-order valence-electron chi connectivity index (χ4n) is 6.19. The fourth-order valence-corrected chi connectivity index (χ4v) is 6.19. The van der Waals surface area contributed by atoms with E-state index in [0.717, 1.165) is 26.1 Å². The topological polar surface area (TPSA) is 27.7 Å². The molecule has 1 rings (SSSR count). The molecule has 0 saturated carbocycles. The van der Waals surface area contributed by atoms with Gasteiger partial charge in [-0.15, -0.1) is 0 Å². The van der Waals surface area contributed by atoms with Gasteiger partial charge in [-0.2, -0.15) is 0 Å². The summed E-state index contributed by atoms with van der Waals surface area (Å²) in [5.74, 6) is 0. The van der Waals surface area contributed by atoms with Crippen molar-refractivity contribution >= 4 is 0 Å². The van der Waals surface area contributed by atoms with Gasteiger partial charge in [0.1, 0.15) is 6.10 Å². The number of rotatable bonds is 37. The predicted molar refractivity (Wildman–Crippen MR) is 197 cm³/mol. The van der Waals surface area contributed by atoms with E-state index < -0.39 is 0 Å². The molecule has 3 nitrogen and oxygen atoms in total. The van der Waals surface area contributed by atoms with Gasteiger partial charge in [-0.05, 0) is 18.4 Å². The van der Waals surface area contributed by atoms with Crippen molar-refractivity contribution in [1.29, 1.82) is 0 Å². The third kappa shape index (κ3) is 31.5. The molecule has 0 unspecified atom stereocenters. The molecule has 3 heteroatoms. The smallest absolute Gasteiger partial charge is 0.104 e. The van der Waals surface area contributed by atoms with Crippen molar-refractivity contribution in [1.82, 2.24) is 0 Å². The lowest BCUT2D eigenvalue weighted by molar-refractivity contribution is -0.0645. The minimum absolute atomic E-state index is 0.0299. The van der Waals surface area contributed by atoms with Crippen molar-refractivity contribution in [2.75, 3.05) is 26.4 Å². The van der Waals surface area contributed by atoms with E-state index in [2.05, 4.69) is 44.2 Å². The molecule has 0 bridgehead atoms. The summed E-state index contributed by atoms with van der Waals surface area (Å²) < 4.78 is 18.4. The van der Waals surface area contributed by atoms with E-state index in [4.69, 9.17) is 14.2 Å². The van der Waals surface area contributed by atoms with Crippen molar-refractivity contribution in [3.05, 3.63) is 35.9 Å². The third-order valence-electron chi connectivity index (χ3n) is 9.21. The van der Waals surface area contributed by atoms with Crippen LogP contribution in [0.15, 0.2) is 30.3 Å². The third-order valence-corrected chi connectivity index (χ3v) is 9.21. The summed E-state index contributed by atoms with van der Waals surface area (Å²) in [5, 5.41) is 0. The number of unbranched alkanes of at least 4 members (excludes halogenated alkanes) is 26. The summed E-state index contributed by atoms with van der Waals surface area (Å²) in [7, 11) is 0. The first-order valence-corrected chi connectivity index (χ1v) is 20.2. The summed E-state index contributed by atoms with van der Waals surface area (Å²) in [5.41, 5.74) is 1.21. The van der Waals surface area contributed by atoms with Crippen LogP contribution in [0.25, 0.3) is 0 Å². The molecule has 0 spiro atoms. The quantitative estimate of drug-likeness (QED) is 0.0685. The second-order valence-corrected chi connectivity index (χ2v) is 13.8. The first-order chi connectivity index (χ1) is 22.4. The summed E-state index contributed by atoms with van der Waals surface area (Å²) in [6.45, 7) is 8.14. The molecular formula is C42H78O3. The van der Waals surface area contributed by atoms with Gasteiger partial charge in [-0.1, -0.05) is 211 Å². The Hall–Kier alpha value is -0.900. The Kier molecular flexibility index (Phi) is 33.6. The van der Waals surface area contributed by atoms with Gasteiger partial charge in [0.2, 0.25) is 0 Å². The molecule has 264 valence electrons. The summed E-state index contributed by atoms with van der Waals surface area (Å²) in [6, 6.07) is 10.4. The molecule has 1 aromatic carbocycles. The highest BCUT2D eigenvalue weighted by molar-refractivity contribution is 5.13. The highest BCUT2D eigenvalue weighted by atomic mass is 16.6. The minimum atomic E-state index is 0.0299. The molecule has 45 heavy (non-hydrogen) atoms. The van der Waals surface area contributed by atoms with E-state index in [1.165, 1.54) is 173 Å². The molecule has 0 aliphatic rings. The van der Waals surface area contributed by atoms with Gasteiger partial charge in [-0.3, -0.25) is 0 Å². The Morgan fingerprint density at radius 3 is 1.18 bits per heavy atom. The van der Waals surface area contributed by atoms with Gasteiger partial charge < -0.3 is 14.2 Å². The number of hydrogen-bond acceptors (Lipinski definition) is 3. The molecule has 0 N–H and O–H groups in total. The molecule has 0 amide bonds. The number of hydrogen-bond donors (Lipinski definition) is 0. The Labute approximate surface area is 282 Å². The van der Waals surface area contributed by atoms with Gasteiger partial charge in [-0.25, -0.2) is 0 Å². The largest absolute Gasteiger partial charge is 0.379 e. The number of ether oxygens (including phenoxy) is 3. The standard InChI is InChI=1S/C42H78O3/c1-3-5-7-9-11-13-15-17-19-21-23-25-27-32-36-43-39-42(40-44-38-41-34-30-29-31-35-41)45-37-33-28-26-24-22-20-18-16-14-12-10-8-6-4-2/h29-31,34-35,42H,3-28,32-33,36-40H2,1-2H3/t42-/m1/s1. The van der Waals surface area contributed by atoms with Crippen LogP contribution in [0.1, 0.15) is 199 Å². The summed E-state index contributed by atoms with van der Waals surface area (Å²) in [6.07, 6.45) is 38.8. The lowest BCUT2D eigenvalue weighted by Crippen LogP contribution is -2.26. The van der Waals surface area contributed by atoms with Gasteiger partial charge in [0.05, 0.1) is 19.8 Å². The Morgan fingerprint density at radius 2 is 0.756 bits per heavy atom.